The molecule has 0 aromatic heterocycles. The highest BCUT2D eigenvalue weighted by atomic mass is 16.5. The number of nitrogens with one attached hydrogen (secondary N) is 1. The fraction of sp³-hybridized carbons (Fsp3) is 0.333. The summed E-state index contributed by atoms with van der Waals surface area (Å²) < 4.78 is 4.63. The molecule has 0 saturated carbocycles. The molecular weight excluding hydrogens is 236 g/mol. The molecule has 0 radical (unpaired) electrons. The van der Waals surface area contributed by atoms with Gasteiger partial charge in [-0.05, 0) is 18.2 Å². The van der Waals surface area contributed by atoms with E-state index in [1.165, 1.54) is 13.2 Å². The van der Waals surface area contributed by atoms with Crippen LogP contribution in [0.3, 0.4) is 0 Å². The van der Waals surface area contributed by atoms with Crippen LogP contribution < -0.4 is 10.2 Å². The summed E-state index contributed by atoms with van der Waals surface area (Å²) in [6.07, 6.45) is 0. The molecule has 1 aliphatic rings. The van der Waals surface area contributed by atoms with Crippen LogP contribution in [0.2, 0.25) is 0 Å². The maximum absolute atomic E-state index is 11.3. The lowest BCUT2D eigenvalue weighted by Gasteiger charge is -2.31. The molecule has 0 unspecified atom stereocenters. The Labute approximate surface area is 104 Å². The minimum absolute atomic E-state index is 0.164. The van der Waals surface area contributed by atoms with Crippen LogP contribution in [0.4, 0.5) is 11.4 Å². The van der Waals surface area contributed by atoms with Gasteiger partial charge in [0.15, 0.2) is 0 Å². The van der Waals surface area contributed by atoms with Gasteiger partial charge in [-0.1, -0.05) is 0 Å². The van der Waals surface area contributed by atoms with Crippen LogP contribution in [0, 0.1) is 0 Å². The highest BCUT2D eigenvalue weighted by Crippen LogP contribution is 2.29. The molecule has 0 atom stereocenters. The molecule has 18 heavy (non-hydrogen) atoms. The quantitative estimate of drug-likeness (QED) is 0.772. The Kier molecular flexibility index (Phi) is 3.36. The SMILES string of the molecule is COC(=O)CN1CCNc2cc(C(=O)O)ccc21. The zero-order valence-electron chi connectivity index (χ0n) is 9.97. The Morgan fingerprint density at radius 2 is 2.28 bits per heavy atom. The number of carbonyl (C=O) groups excluding carboxylic acids is 1. The third-order valence-corrected chi connectivity index (χ3v) is 2.83. The molecule has 0 aliphatic carbocycles. The van der Waals surface area contributed by atoms with Gasteiger partial charge < -0.3 is 20.1 Å². The van der Waals surface area contributed by atoms with Gasteiger partial charge in [0.2, 0.25) is 0 Å². The average Bonchev–Trinajstić information content (AvgIpc) is 2.38. The van der Waals surface area contributed by atoms with Crippen molar-refractivity contribution in [2.75, 3.05) is 37.0 Å². The second-order valence-electron chi connectivity index (χ2n) is 3.96. The first kappa shape index (κ1) is 12.2. The Hall–Kier alpha value is -2.24. The van der Waals surface area contributed by atoms with Gasteiger partial charge in [0, 0.05) is 13.1 Å². The van der Waals surface area contributed by atoms with E-state index in [1.807, 2.05) is 4.90 Å². The molecule has 6 heteroatoms. The van der Waals surface area contributed by atoms with E-state index in [-0.39, 0.29) is 18.1 Å². The van der Waals surface area contributed by atoms with Crippen molar-refractivity contribution in [3.8, 4) is 0 Å². The Morgan fingerprint density at radius 3 is 2.94 bits per heavy atom. The zero-order chi connectivity index (χ0) is 13.1. The van der Waals surface area contributed by atoms with Gasteiger partial charge in [-0.15, -0.1) is 0 Å². The summed E-state index contributed by atoms with van der Waals surface area (Å²) in [6, 6.07) is 4.80. The molecule has 0 amide bonds. The monoisotopic (exact) mass is 250 g/mol. The first-order valence-electron chi connectivity index (χ1n) is 5.55. The number of rotatable bonds is 3. The number of aromatic carboxylic acids is 1. The van der Waals surface area contributed by atoms with Crippen molar-refractivity contribution in [2.24, 2.45) is 0 Å². The number of anilines is 2. The molecular formula is C12H14N2O4. The molecule has 1 aromatic rings. The standard InChI is InChI=1S/C12H14N2O4/c1-18-11(15)7-14-5-4-13-9-6-8(12(16)17)2-3-10(9)14/h2-3,6,13H,4-5,7H2,1H3,(H,16,17). The molecule has 0 saturated heterocycles. The smallest absolute Gasteiger partial charge is 0.335 e. The Morgan fingerprint density at radius 1 is 1.50 bits per heavy atom. The van der Waals surface area contributed by atoms with Crippen LogP contribution >= 0.6 is 0 Å². The van der Waals surface area contributed by atoms with Crippen LogP contribution in [-0.2, 0) is 9.53 Å². The van der Waals surface area contributed by atoms with Crippen LogP contribution in [0.25, 0.3) is 0 Å². The number of esters is 1. The van der Waals surface area contributed by atoms with E-state index in [0.29, 0.717) is 13.1 Å². The summed E-state index contributed by atoms with van der Waals surface area (Å²) in [5.74, 6) is -1.28. The molecule has 2 rings (SSSR count). The maximum Gasteiger partial charge on any atom is 0.335 e. The van der Waals surface area contributed by atoms with E-state index in [0.717, 1.165) is 11.4 Å². The van der Waals surface area contributed by atoms with Crippen molar-refractivity contribution in [3.63, 3.8) is 0 Å². The predicted molar refractivity (Wildman–Crippen MR) is 66.1 cm³/mol. The van der Waals surface area contributed by atoms with Crippen molar-refractivity contribution < 1.29 is 19.4 Å². The molecule has 1 aliphatic heterocycles. The van der Waals surface area contributed by atoms with Gasteiger partial charge in [0.1, 0.15) is 6.54 Å². The molecule has 0 spiro atoms. The number of ether oxygens (including phenoxy) is 1. The molecule has 0 bridgehead atoms. The molecule has 2 N–H and O–H groups in total. The van der Waals surface area contributed by atoms with Crippen LogP contribution in [0.15, 0.2) is 18.2 Å². The third-order valence-electron chi connectivity index (χ3n) is 2.83. The van der Waals surface area contributed by atoms with Crippen molar-refractivity contribution in [3.05, 3.63) is 23.8 Å². The summed E-state index contributed by atoms with van der Waals surface area (Å²) >= 11 is 0. The van der Waals surface area contributed by atoms with Crippen LogP contribution in [0.1, 0.15) is 10.4 Å². The lowest BCUT2D eigenvalue weighted by molar-refractivity contribution is -0.138. The summed E-state index contributed by atoms with van der Waals surface area (Å²) in [4.78, 5) is 24.0. The summed E-state index contributed by atoms with van der Waals surface area (Å²) in [6.45, 7) is 1.50. The lowest BCUT2D eigenvalue weighted by Crippen LogP contribution is -2.38. The summed E-state index contributed by atoms with van der Waals surface area (Å²) in [5.41, 5.74) is 1.77. The first-order chi connectivity index (χ1) is 8.61. The number of methoxy groups -OCH3 is 1. The molecule has 0 fully saturated rings. The topological polar surface area (TPSA) is 78.9 Å². The van der Waals surface area contributed by atoms with Crippen LogP contribution in [0.5, 0.6) is 0 Å². The maximum atomic E-state index is 11.3. The normalized spacial score (nSPS) is 13.5. The van der Waals surface area contributed by atoms with Gasteiger partial charge >= 0.3 is 11.9 Å². The van der Waals surface area contributed by atoms with E-state index < -0.39 is 5.97 Å². The highest BCUT2D eigenvalue weighted by molar-refractivity contribution is 5.91. The number of hydrogen-bond donors (Lipinski definition) is 2. The van der Waals surface area contributed by atoms with Crippen molar-refractivity contribution in [2.45, 2.75) is 0 Å². The van der Waals surface area contributed by atoms with E-state index >= 15 is 0 Å². The number of carboxylic acids is 1. The number of carbonyl (C=O) groups is 2. The lowest BCUT2D eigenvalue weighted by atomic mass is 10.1. The number of fused-ring (bicyclic) bond motifs is 1. The van der Waals surface area contributed by atoms with E-state index in [9.17, 15) is 9.59 Å². The summed E-state index contributed by atoms with van der Waals surface area (Å²) in [7, 11) is 1.35. The van der Waals surface area contributed by atoms with E-state index in [4.69, 9.17) is 5.11 Å². The first-order valence-corrected chi connectivity index (χ1v) is 5.55. The highest BCUT2D eigenvalue weighted by Gasteiger charge is 2.20. The molecule has 1 heterocycles. The molecule has 6 nitrogen and oxygen atoms in total. The zero-order valence-corrected chi connectivity index (χ0v) is 9.97. The number of hydrogen-bond acceptors (Lipinski definition) is 5. The fourth-order valence-electron chi connectivity index (χ4n) is 1.92. The van der Waals surface area contributed by atoms with E-state index in [1.54, 1.807) is 12.1 Å². The third kappa shape index (κ3) is 2.37. The second-order valence-corrected chi connectivity index (χ2v) is 3.96. The fourth-order valence-corrected chi connectivity index (χ4v) is 1.92. The van der Waals surface area contributed by atoms with Crippen molar-refractivity contribution >= 4 is 23.3 Å². The van der Waals surface area contributed by atoms with Gasteiger partial charge in [-0.2, -0.15) is 0 Å². The second kappa shape index (κ2) is 4.95. The molecule has 96 valence electrons. The van der Waals surface area contributed by atoms with Crippen molar-refractivity contribution in [1.29, 1.82) is 0 Å². The van der Waals surface area contributed by atoms with Crippen LogP contribution in [-0.4, -0.2) is 43.8 Å². The predicted octanol–water partition coefficient (Wildman–Crippen LogP) is 0.790. The Bertz CT molecular complexity index is 487. The Balaban J connectivity index is 2.27. The average molecular weight is 250 g/mol. The number of benzene rings is 1. The van der Waals surface area contributed by atoms with Gasteiger partial charge in [0.25, 0.3) is 0 Å². The van der Waals surface area contributed by atoms with Crippen molar-refractivity contribution in [1.82, 2.24) is 0 Å². The van der Waals surface area contributed by atoms with Gasteiger partial charge in [0.05, 0.1) is 24.0 Å². The minimum Gasteiger partial charge on any atom is -0.478 e. The summed E-state index contributed by atoms with van der Waals surface area (Å²) in [5, 5.41) is 12.0. The van der Waals surface area contributed by atoms with E-state index in [2.05, 4.69) is 10.1 Å². The largest absolute Gasteiger partial charge is 0.478 e. The minimum atomic E-state index is -0.968. The van der Waals surface area contributed by atoms with Gasteiger partial charge in [-0.25, -0.2) is 4.79 Å². The number of nitrogens with zero attached hydrogens (tertiary/aromatic N) is 1. The number of carboxylic acid groups (broad SMARTS) is 1. The van der Waals surface area contributed by atoms with Gasteiger partial charge in [-0.3, -0.25) is 4.79 Å². The molecule has 1 aromatic carbocycles.